The lowest BCUT2D eigenvalue weighted by Gasteiger charge is -2.07. The van der Waals surface area contributed by atoms with Crippen LogP contribution in [0.1, 0.15) is 23.0 Å². The van der Waals surface area contributed by atoms with Crippen molar-refractivity contribution in [2.75, 3.05) is 44.1 Å². The van der Waals surface area contributed by atoms with Crippen LogP contribution in [0.5, 0.6) is 0 Å². The number of nitrogens with two attached hydrogens (primary N) is 1. The van der Waals surface area contributed by atoms with E-state index in [0.717, 1.165) is 17.8 Å². The second kappa shape index (κ2) is 7.62. The molecule has 0 radical (unpaired) electrons. The Labute approximate surface area is 128 Å². The zero-order valence-electron chi connectivity index (χ0n) is 12.4. The molecular weight excluding hydrogens is 314 g/mol. The van der Waals surface area contributed by atoms with Crippen LogP contribution in [0.2, 0.25) is 0 Å². The van der Waals surface area contributed by atoms with E-state index in [4.69, 9.17) is 10.5 Å². The summed E-state index contributed by atoms with van der Waals surface area (Å²) >= 11 is 1.05. The summed E-state index contributed by atoms with van der Waals surface area (Å²) in [4.78, 5) is 12.0. The minimum atomic E-state index is -3.51. The zero-order chi connectivity index (χ0) is 16.0. The number of nitrogen functional groups attached to an aromatic ring is 1. The van der Waals surface area contributed by atoms with Crippen LogP contribution in [-0.2, 0) is 14.6 Å². The Kier molecular flexibility index (Phi) is 6.43. The number of hydrogen-bond donors (Lipinski definition) is 3. The van der Waals surface area contributed by atoms with Crippen molar-refractivity contribution in [1.29, 1.82) is 0 Å². The van der Waals surface area contributed by atoms with Gasteiger partial charge in [0.05, 0.1) is 11.4 Å². The molecule has 0 aliphatic carbocycles. The van der Waals surface area contributed by atoms with E-state index in [1.807, 2.05) is 0 Å². The van der Waals surface area contributed by atoms with E-state index >= 15 is 0 Å². The molecule has 1 amide bonds. The van der Waals surface area contributed by atoms with Crippen LogP contribution in [0.15, 0.2) is 4.90 Å². The van der Waals surface area contributed by atoms with Gasteiger partial charge in [-0.05, 0) is 6.42 Å². The van der Waals surface area contributed by atoms with Crippen LogP contribution in [-0.4, -0.2) is 47.4 Å². The van der Waals surface area contributed by atoms with Gasteiger partial charge in [0.2, 0.25) is 0 Å². The summed E-state index contributed by atoms with van der Waals surface area (Å²) in [6.45, 7) is 2.64. The van der Waals surface area contributed by atoms with Gasteiger partial charge < -0.3 is 21.1 Å². The Morgan fingerprint density at radius 1 is 1.43 bits per heavy atom. The van der Waals surface area contributed by atoms with Gasteiger partial charge in [-0.25, -0.2) is 8.42 Å². The second-order valence-corrected chi connectivity index (χ2v) is 7.49. The highest BCUT2D eigenvalue weighted by molar-refractivity contribution is 7.91. The van der Waals surface area contributed by atoms with Crippen molar-refractivity contribution in [3.8, 4) is 0 Å². The Hall–Kier alpha value is -1.32. The van der Waals surface area contributed by atoms with Crippen LogP contribution in [0.3, 0.4) is 0 Å². The van der Waals surface area contributed by atoms with E-state index in [0.29, 0.717) is 18.2 Å². The van der Waals surface area contributed by atoms with Crippen molar-refractivity contribution in [1.82, 2.24) is 5.32 Å². The number of methoxy groups -OCH3 is 1. The fraction of sp³-hybridized carbons (Fsp3) is 0.583. The lowest BCUT2D eigenvalue weighted by molar-refractivity contribution is 0.0968. The predicted molar refractivity (Wildman–Crippen MR) is 84.8 cm³/mol. The summed E-state index contributed by atoms with van der Waals surface area (Å²) in [6, 6.07) is 0. The van der Waals surface area contributed by atoms with E-state index in [-0.39, 0.29) is 21.2 Å². The van der Waals surface area contributed by atoms with Gasteiger partial charge in [-0.15, -0.1) is 11.3 Å². The Morgan fingerprint density at radius 2 is 2.10 bits per heavy atom. The Bertz CT molecular complexity index is 596. The van der Waals surface area contributed by atoms with Crippen LogP contribution in [0.4, 0.5) is 10.7 Å². The molecule has 0 aromatic carbocycles. The number of ether oxygens (including phenoxy) is 1. The number of carbonyl (C=O) groups is 1. The first kappa shape index (κ1) is 17.7. The largest absolute Gasteiger partial charge is 0.396 e. The molecule has 0 spiro atoms. The van der Waals surface area contributed by atoms with E-state index in [1.54, 1.807) is 14.0 Å². The third-order valence-electron chi connectivity index (χ3n) is 2.83. The number of nitrogens with one attached hydrogen (secondary N) is 2. The third-order valence-corrected chi connectivity index (χ3v) is 5.93. The zero-order valence-corrected chi connectivity index (χ0v) is 14.0. The molecule has 0 unspecified atom stereocenters. The molecule has 1 heterocycles. The number of sulfone groups is 1. The lowest BCUT2D eigenvalue weighted by atomic mass is 10.3. The van der Waals surface area contributed by atoms with Gasteiger partial charge in [-0.2, -0.15) is 0 Å². The first-order chi connectivity index (χ1) is 9.88. The monoisotopic (exact) mass is 335 g/mol. The maximum Gasteiger partial charge on any atom is 0.263 e. The molecule has 0 fully saturated rings. The normalized spacial score (nSPS) is 11.4. The second-order valence-electron chi connectivity index (χ2n) is 4.26. The molecule has 0 saturated heterocycles. The molecule has 21 heavy (non-hydrogen) atoms. The predicted octanol–water partition coefficient (Wildman–Crippen LogP) is 0.932. The summed E-state index contributed by atoms with van der Waals surface area (Å²) in [7, 11) is -0.441. The number of rotatable bonds is 8. The van der Waals surface area contributed by atoms with Crippen molar-refractivity contribution >= 4 is 37.8 Å². The first-order valence-electron chi connectivity index (χ1n) is 6.48. The highest BCUT2D eigenvalue weighted by Crippen LogP contribution is 2.39. The van der Waals surface area contributed by atoms with E-state index in [1.165, 1.54) is 7.05 Å². The minimum Gasteiger partial charge on any atom is -0.396 e. The molecule has 7 nitrogen and oxygen atoms in total. The molecule has 0 aliphatic heterocycles. The molecule has 4 N–H and O–H groups in total. The van der Waals surface area contributed by atoms with Gasteiger partial charge in [0, 0.05) is 27.3 Å². The minimum absolute atomic E-state index is 0.00967. The van der Waals surface area contributed by atoms with E-state index < -0.39 is 15.7 Å². The quantitative estimate of drug-likeness (QED) is 0.610. The molecule has 1 rings (SSSR count). The molecule has 0 aliphatic rings. The summed E-state index contributed by atoms with van der Waals surface area (Å²) < 4.78 is 29.3. The van der Waals surface area contributed by atoms with Gasteiger partial charge in [-0.3, -0.25) is 4.79 Å². The van der Waals surface area contributed by atoms with E-state index in [2.05, 4.69) is 10.6 Å². The number of thiophene rings is 1. The van der Waals surface area contributed by atoms with Crippen molar-refractivity contribution in [2.45, 2.75) is 18.2 Å². The average molecular weight is 335 g/mol. The summed E-state index contributed by atoms with van der Waals surface area (Å²) in [5, 5.41) is 5.89. The highest BCUT2D eigenvalue weighted by Gasteiger charge is 2.28. The summed E-state index contributed by atoms with van der Waals surface area (Å²) in [5.74, 6) is -0.469. The smallest absolute Gasteiger partial charge is 0.263 e. The SMILES string of the molecule is CCS(=O)(=O)c1c(NCCCOC)sc(C(=O)NC)c1N. The molecule has 1 aromatic heterocycles. The van der Waals surface area contributed by atoms with Crippen molar-refractivity contribution in [3.63, 3.8) is 0 Å². The van der Waals surface area contributed by atoms with Crippen molar-refractivity contribution in [2.24, 2.45) is 0 Å². The Morgan fingerprint density at radius 3 is 2.62 bits per heavy atom. The van der Waals surface area contributed by atoms with Gasteiger partial charge in [0.1, 0.15) is 14.8 Å². The maximum atomic E-state index is 12.2. The van der Waals surface area contributed by atoms with Crippen molar-refractivity contribution < 1.29 is 17.9 Å². The number of hydrogen-bond acceptors (Lipinski definition) is 7. The fourth-order valence-electron chi connectivity index (χ4n) is 1.70. The molecule has 1 aromatic rings. The molecule has 0 atom stereocenters. The van der Waals surface area contributed by atoms with Gasteiger partial charge in [0.15, 0.2) is 9.84 Å². The Balaban J connectivity index is 3.18. The van der Waals surface area contributed by atoms with Crippen LogP contribution < -0.4 is 16.4 Å². The molecule has 9 heteroatoms. The lowest BCUT2D eigenvalue weighted by Crippen LogP contribution is -2.18. The topological polar surface area (TPSA) is 111 Å². The molecular formula is C12H21N3O4S2. The van der Waals surface area contributed by atoms with Crippen LogP contribution in [0.25, 0.3) is 0 Å². The standard InChI is InChI=1S/C12H21N3O4S2/c1-4-21(17,18)10-8(13)9(11(16)14-2)20-12(10)15-6-5-7-19-3/h15H,4-7,13H2,1-3H3,(H,14,16). The molecule has 120 valence electrons. The summed E-state index contributed by atoms with van der Waals surface area (Å²) in [6.07, 6.45) is 0.717. The van der Waals surface area contributed by atoms with Crippen LogP contribution in [0, 0.1) is 0 Å². The fourth-order valence-corrected chi connectivity index (χ4v) is 4.34. The number of carbonyl (C=O) groups excluding carboxylic acids is 1. The average Bonchev–Trinajstić information content (AvgIpc) is 2.80. The van der Waals surface area contributed by atoms with Gasteiger partial charge in [0.25, 0.3) is 5.91 Å². The van der Waals surface area contributed by atoms with Crippen LogP contribution >= 0.6 is 11.3 Å². The maximum absolute atomic E-state index is 12.2. The number of amides is 1. The molecule has 0 saturated carbocycles. The number of anilines is 2. The first-order valence-corrected chi connectivity index (χ1v) is 8.95. The van der Waals surface area contributed by atoms with E-state index in [9.17, 15) is 13.2 Å². The highest BCUT2D eigenvalue weighted by atomic mass is 32.2. The summed E-state index contributed by atoms with van der Waals surface area (Å²) in [5.41, 5.74) is 5.89. The van der Waals surface area contributed by atoms with Crippen molar-refractivity contribution in [3.05, 3.63) is 4.88 Å². The van der Waals surface area contributed by atoms with Gasteiger partial charge >= 0.3 is 0 Å². The van der Waals surface area contributed by atoms with Gasteiger partial charge in [-0.1, -0.05) is 6.92 Å². The molecule has 0 bridgehead atoms. The third kappa shape index (κ3) is 4.08.